The standard InChI is InChI=1S/C15H9Br2FN2/c16-12-2-1-3-13(17)14(12)20-9-8-19-15(20)10-4-6-11(18)7-5-10/h1-9H. The molecule has 100 valence electrons. The SMILES string of the molecule is Fc1ccc(-c2nccn2-c2c(Br)cccc2Br)cc1. The molecule has 0 unspecified atom stereocenters. The molecule has 1 heterocycles. The lowest BCUT2D eigenvalue weighted by Gasteiger charge is -2.12. The van der Waals surface area contributed by atoms with Crippen LogP contribution in [-0.2, 0) is 0 Å². The first-order chi connectivity index (χ1) is 9.66. The number of imidazole rings is 1. The number of nitrogens with zero attached hydrogens (tertiary/aromatic N) is 2. The van der Waals surface area contributed by atoms with Crippen molar-refractivity contribution in [2.24, 2.45) is 0 Å². The molecule has 0 bridgehead atoms. The Morgan fingerprint density at radius 1 is 0.950 bits per heavy atom. The summed E-state index contributed by atoms with van der Waals surface area (Å²) in [7, 11) is 0. The number of benzene rings is 2. The van der Waals surface area contributed by atoms with Gasteiger partial charge in [0.1, 0.15) is 11.6 Å². The Morgan fingerprint density at radius 2 is 1.60 bits per heavy atom. The van der Waals surface area contributed by atoms with Gasteiger partial charge in [0.15, 0.2) is 0 Å². The van der Waals surface area contributed by atoms with Crippen LogP contribution in [0.5, 0.6) is 0 Å². The largest absolute Gasteiger partial charge is 0.298 e. The van der Waals surface area contributed by atoms with Crippen LogP contribution in [0.15, 0.2) is 63.8 Å². The van der Waals surface area contributed by atoms with Crippen molar-refractivity contribution >= 4 is 31.9 Å². The Bertz CT molecular complexity index is 731. The summed E-state index contributed by atoms with van der Waals surface area (Å²) in [5, 5.41) is 0. The van der Waals surface area contributed by atoms with Gasteiger partial charge < -0.3 is 0 Å². The van der Waals surface area contributed by atoms with Crippen LogP contribution >= 0.6 is 31.9 Å². The third-order valence-electron chi connectivity index (χ3n) is 2.92. The molecule has 0 saturated carbocycles. The van der Waals surface area contributed by atoms with E-state index in [-0.39, 0.29) is 5.82 Å². The Labute approximate surface area is 132 Å². The van der Waals surface area contributed by atoms with E-state index in [1.165, 1.54) is 12.1 Å². The Hall–Kier alpha value is -1.46. The van der Waals surface area contributed by atoms with E-state index in [2.05, 4.69) is 36.8 Å². The smallest absolute Gasteiger partial charge is 0.144 e. The second-order valence-corrected chi connectivity index (χ2v) is 5.91. The maximum atomic E-state index is 13.0. The van der Waals surface area contributed by atoms with Crippen molar-refractivity contribution in [1.29, 1.82) is 0 Å². The maximum Gasteiger partial charge on any atom is 0.144 e. The van der Waals surface area contributed by atoms with Crippen molar-refractivity contribution in [3.8, 4) is 17.1 Å². The van der Waals surface area contributed by atoms with Gasteiger partial charge in [-0.1, -0.05) is 6.07 Å². The normalized spacial score (nSPS) is 10.8. The molecule has 0 fully saturated rings. The molecule has 0 spiro atoms. The number of aromatic nitrogens is 2. The first-order valence-corrected chi connectivity index (χ1v) is 7.49. The predicted molar refractivity (Wildman–Crippen MR) is 84.4 cm³/mol. The number of hydrogen-bond acceptors (Lipinski definition) is 1. The Balaban J connectivity index is 2.18. The van der Waals surface area contributed by atoms with Crippen molar-refractivity contribution in [3.63, 3.8) is 0 Å². The predicted octanol–water partition coefficient (Wildman–Crippen LogP) is 5.20. The molecule has 2 nitrogen and oxygen atoms in total. The molecule has 0 saturated heterocycles. The topological polar surface area (TPSA) is 17.8 Å². The van der Waals surface area contributed by atoms with E-state index in [0.29, 0.717) is 0 Å². The molecule has 0 amide bonds. The van der Waals surface area contributed by atoms with Crippen molar-refractivity contribution < 1.29 is 4.39 Å². The van der Waals surface area contributed by atoms with Crippen molar-refractivity contribution in [2.75, 3.05) is 0 Å². The third kappa shape index (κ3) is 2.43. The summed E-state index contributed by atoms with van der Waals surface area (Å²) in [6.45, 7) is 0. The minimum atomic E-state index is -0.256. The van der Waals surface area contributed by atoms with Gasteiger partial charge >= 0.3 is 0 Å². The molecule has 5 heteroatoms. The van der Waals surface area contributed by atoms with Crippen molar-refractivity contribution in [1.82, 2.24) is 9.55 Å². The van der Waals surface area contributed by atoms with Gasteiger partial charge in [0, 0.05) is 26.9 Å². The highest BCUT2D eigenvalue weighted by Crippen LogP contribution is 2.32. The molecule has 0 aliphatic rings. The zero-order chi connectivity index (χ0) is 14.1. The van der Waals surface area contributed by atoms with Crippen LogP contribution in [0.2, 0.25) is 0 Å². The number of para-hydroxylation sites is 1. The number of hydrogen-bond donors (Lipinski definition) is 0. The first-order valence-electron chi connectivity index (χ1n) is 5.90. The molecule has 0 aliphatic carbocycles. The van der Waals surface area contributed by atoms with Gasteiger partial charge in [0.25, 0.3) is 0 Å². The molecular weight excluding hydrogens is 387 g/mol. The zero-order valence-electron chi connectivity index (χ0n) is 10.2. The summed E-state index contributed by atoms with van der Waals surface area (Å²) in [4.78, 5) is 4.37. The van der Waals surface area contributed by atoms with Crippen LogP contribution in [0.1, 0.15) is 0 Å². The lowest BCUT2D eigenvalue weighted by atomic mass is 10.2. The van der Waals surface area contributed by atoms with Gasteiger partial charge in [-0.05, 0) is 68.3 Å². The summed E-state index contributed by atoms with van der Waals surface area (Å²) in [5.74, 6) is 0.506. The molecule has 1 aromatic heterocycles. The van der Waals surface area contributed by atoms with E-state index in [4.69, 9.17) is 0 Å². The third-order valence-corrected chi connectivity index (χ3v) is 4.20. The highest BCUT2D eigenvalue weighted by Gasteiger charge is 2.12. The second kappa shape index (κ2) is 5.50. The average Bonchev–Trinajstić information content (AvgIpc) is 2.88. The summed E-state index contributed by atoms with van der Waals surface area (Å²) in [5.41, 5.74) is 1.82. The fourth-order valence-corrected chi connectivity index (χ4v) is 3.40. The monoisotopic (exact) mass is 394 g/mol. The second-order valence-electron chi connectivity index (χ2n) is 4.20. The van der Waals surface area contributed by atoms with Gasteiger partial charge in [-0.3, -0.25) is 4.57 Å². The highest BCUT2D eigenvalue weighted by molar-refractivity contribution is 9.11. The highest BCUT2D eigenvalue weighted by atomic mass is 79.9. The average molecular weight is 396 g/mol. The number of halogens is 3. The van der Waals surface area contributed by atoms with E-state index < -0.39 is 0 Å². The van der Waals surface area contributed by atoms with Crippen LogP contribution in [0.25, 0.3) is 17.1 Å². The minimum Gasteiger partial charge on any atom is -0.298 e. The summed E-state index contributed by atoms with van der Waals surface area (Å²) < 4.78 is 16.9. The Morgan fingerprint density at radius 3 is 2.25 bits per heavy atom. The quantitative estimate of drug-likeness (QED) is 0.582. The fraction of sp³-hybridized carbons (Fsp3) is 0. The molecule has 0 N–H and O–H groups in total. The minimum absolute atomic E-state index is 0.256. The van der Waals surface area contributed by atoms with Gasteiger partial charge in [0.05, 0.1) is 5.69 Å². The van der Waals surface area contributed by atoms with E-state index in [1.807, 2.05) is 29.0 Å². The molecular formula is C15H9Br2FN2. The molecule has 0 aliphatic heterocycles. The summed E-state index contributed by atoms with van der Waals surface area (Å²) in [6, 6.07) is 12.2. The van der Waals surface area contributed by atoms with Crippen molar-refractivity contribution in [2.45, 2.75) is 0 Å². The summed E-state index contributed by atoms with van der Waals surface area (Å²) >= 11 is 7.10. The number of rotatable bonds is 2. The van der Waals surface area contributed by atoms with Crippen LogP contribution in [0.3, 0.4) is 0 Å². The lowest BCUT2D eigenvalue weighted by Crippen LogP contribution is -1.98. The van der Waals surface area contributed by atoms with Crippen LogP contribution in [0.4, 0.5) is 4.39 Å². The van der Waals surface area contributed by atoms with E-state index >= 15 is 0 Å². The van der Waals surface area contributed by atoms with Gasteiger partial charge in [-0.15, -0.1) is 0 Å². The van der Waals surface area contributed by atoms with E-state index in [9.17, 15) is 4.39 Å². The van der Waals surface area contributed by atoms with Gasteiger partial charge in [0.2, 0.25) is 0 Å². The van der Waals surface area contributed by atoms with Crippen molar-refractivity contribution in [3.05, 3.63) is 69.6 Å². The van der Waals surface area contributed by atoms with Gasteiger partial charge in [-0.2, -0.15) is 0 Å². The Kier molecular flexibility index (Phi) is 3.72. The van der Waals surface area contributed by atoms with E-state index in [0.717, 1.165) is 26.0 Å². The lowest BCUT2D eigenvalue weighted by molar-refractivity contribution is 0.628. The molecule has 0 atom stereocenters. The fourth-order valence-electron chi connectivity index (χ4n) is 2.02. The van der Waals surface area contributed by atoms with Crippen LogP contribution < -0.4 is 0 Å². The summed E-state index contributed by atoms with van der Waals surface area (Å²) in [6.07, 6.45) is 3.61. The van der Waals surface area contributed by atoms with Crippen LogP contribution in [-0.4, -0.2) is 9.55 Å². The molecule has 20 heavy (non-hydrogen) atoms. The molecule has 3 aromatic rings. The van der Waals surface area contributed by atoms with Crippen LogP contribution in [0, 0.1) is 5.82 Å². The van der Waals surface area contributed by atoms with E-state index in [1.54, 1.807) is 18.3 Å². The molecule has 0 radical (unpaired) electrons. The molecule has 3 rings (SSSR count). The first kappa shape index (κ1) is 13.5. The van der Waals surface area contributed by atoms with Gasteiger partial charge in [-0.25, -0.2) is 9.37 Å². The maximum absolute atomic E-state index is 13.0. The molecule has 2 aromatic carbocycles. The zero-order valence-corrected chi connectivity index (χ0v) is 13.4.